The van der Waals surface area contributed by atoms with E-state index in [1.165, 1.54) is 19.2 Å². The van der Waals surface area contributed by atoms with E-state index in [0.717, 1.165) is 25.7 Å². The van der Waals surface area contributed by atoms with E-state index in [1.54, 1.807) is 30.6 Å². The van der Waals surface area contributed by atoms with E-state index in [1.807, 2.05) is 0 Å². The van der Waals surface area contributed by atoms with E-state index in [2.05, 4.69) is 23.7 Å². The van der Waals surface area contributed by atoms with E-state index in [0.29, 0.717) is 73.1 Å². The Labute approximate surface area is 368 Å². The van der Waals surface area contributed by atoms with Crippen molar-refractivity contribution in [2.75, 3.05) is 33.3 Å². The molecule has 0 radical (unpaired) electrons. The topological polar surface area (TPSA) is 127 Å². The van der Waals surface area contributed by atoms with E-state index < -0.39 is 17.5 Å². The van der Waals surface area contributed by atoms with E-state index in [-0.39, 0.29) is 102 Å². The van der Waals surface area contributed by atoms with Gasteiger partial charge in [0.25, 0.3) is 11.8 Å². The van der Waals surface area contributed by atoms with Gasteiger partial charge in [-0.15, -0.1) is 5.60 Å². The summed E-state index contributed by atoms with van der Waals surface area (Å²) >= 11 is 24.5. The van der Waals surface area contributed by atoms with Crippen LogP contribution in [0.25, 0.3) is 0 Å². The summed E-state index contributed by atoms with van der Waals surface area (Å²) in [6.07, 6.45) is 5.67. The van der Waals surface area contributed by atoms with Crippen molar-refractivity contribution in [1.82, 2.24) is 9.80 Å². The second-order valence-electron chi connectivity index (χ2n) is 13.2. The van der Waals surface area contributed by atoms with Gasteiger partial charge in [-0.2, -0.15) is 0 Å². The molecule has 274 valence electrons. The largest absolute Gasteiger partial charge is 1.00 e. The van der Waals surface area contributed by atoms with Crippen molar-refractivity contribution in [3.8, 4) is 23.7 Å². The summed E-state index contributed by atoms with van der Waals surface area (Å²) < 4.78 is 4.70. The molecule has 2 aromatic rings. The van der Waals surface area contributed by atoms with Gasteiger partial charge in [0.15, 0.2) is 0 Å². The summed E-state index contributed by atoms with van der Waals surface area (Å²) in [5.74, 6) is 11.2. The second-order valence-corrected chi connectivity index (χ2v) is 14.8. The Hall–Kier alpha value is -1.80. The molecule has 52 heavy (non-hydrogen) atoms. The number of ether oxygens (including phenoxy) is 1. The fraction of sp³-hybridized carbons (Fsp3) is 0.474. The zero-order chi connectivity index (χ0) is 36.9. The van der Waals surface area contributed by atoms with Crippen LogP contribution in [-0.2, 0) is 17.6 Å². The molecule has 1 N–H and O–H groups in total. The monoisotopic (exact) mass is 816 g/mol. The number of rotatable bonds is 4. The quantitative estimate of drug-likeness (QED) is 0.280. The summed E-state index contributed by atoms with van der Waals surface area (Å²) in [6, 6.07) is 2.90. The van der Waals surface area contributed by atoms with Gasteiger partial charge in [-0.1, -0.05) is 98.3 Å². The first-order valence-corrected chi connectivity index (χ1v) is 17.6. The first-order valence-electron chi connectivity index (χ1n) is 16.1. The van der Waals surface area contributed by atoms with Crippen LogP contribution >= 0.6 is 46.4 Å². The smallest absolute Gasteiger partial charge is 0.850 e. The zero-order valence-electron chi connectivity index (χ0n) is 29.2. The first-order chi connectivity index (χ1) is 23.5. The summed E-state index contributed by atoms with van der Waals surface area (Å²) in [4.78, 5) is 51.4. The van der Waals surface area contributed by atoms with Crippen LogP contribution in [0.4, 0.5) is 0 Å². The maximum absolute atomic E-state index is 12.6. The molecule has 2 heterocycles. The third-order valence-electron chi connectivity index (χ3n) is 7.85. The molecule has 6 rings (SSSR count). The van der Waals surface area contributed by atoms with Gasteiger partial charge >= 0.3 is 63.3 Å². The minimum atomic E-state index is -1.19. The molecule has 0 spiro atoms. The van der Waals surface area contributed by atoms with Crippen LogP contribution in [0.15, 0.2) is 12.1 Å². The summed E-state index contributed by atoms with van der Waals surface area (Å²) in [6.45, 7) is 6.68. The maximum Gasteiger partial charge on any atom is 1.00 e. The number of nitrogens with zero attached hydrogens (tertiary/aromatic N) is 2. The minimum absolute atomic E-state index is 0. The summed E-state index contributed by atoms with van der Waals surface area (Å²) in [7, 11) is 1.26. The molecule has 0 bridgehead atoms. The molecule has 2 saturated carbocycles. The molecule has 0 aromatic heterocycles. The van der Waals surface area contributed by atoms with Gasteiger partial charge in [0.2, 0.25) is 0 Å². The standard InChI is InChI=1S/C17H15Cl2NO3.C16H13Cl2NO3.C4H9O.CH4.K/c1-23-17(22)14-13(18)9-12-11(15(14)19)6-8-20(16(12)21)7-2-3-10-4-5-10;17-12-8-11-10(14(18)13(12)16(21)22)5-7-19(15(11)20)6-1-2-9-3-4-9;1-4(2,3)5;;/h9-10H,4-8H2,1H3;8-9H,3-7H2,(H,21,22);1-3H3;1H4;/q;;-1;;+1. The maximum atomic E-state index is 12.6. The van der Waals surface area contributed by atoms with Gasteiger partial charge in [0.1, 0.15) is 0 Å². The van der Waals surface area contributed by atoms with Gasteiger partial charge in [0, 0.05) is 36.1 Å². The normalized spacial score (nSPS) is 15.6. The van der Waals surface area contributed by atoms with Crippen LogP contribution in [0.1, 0.15) is 106 Å². The number of hydrogen-bond acceptors (Lipinski definition) is 6. The van der Waals surface area contributed by atoms with Crippen LogP contribution in [0.3, 0.4) is 0 Å². The van der Waals surface area contributed by atoms with Crippen molar-refractivity contribution in [2.24, 2.45) is 11.8 Å². The number of aromatic carboxylic acids is 1. The van der Waals surface area contributed by atoms with Crippen molar-refractivity contribution < 1.29 is 85.5 Å². The summed E-state index contributed by atoms with van der Waals surface area (Å²) in [5, 5.41) is 19.6. The molecule has 2 fully saturated rings. The van der Waals surface area contributed by atoms with Crippen molar-refractivity contribution in [2.45, 2.75) is 72.3 Å². The average Bonchev–Trinajstić information content (AvgIpc) is 3.96. The summed E-state index contributed by atoms with van der Waals surface area (Å²) in [5.41, 5.74) is 1.24. The zero-order valence-corrected chi connectivity index (χ0v) is 35.3. The average molecular weight is 819 g/mol. The Morgan fingerprint density at radius 1 is 0.827 bits per heavy atom. The molecule has 0 saturated heterocycles. The molecule has 9 nitrogen and oxygen atoms in total. The van der Waals surface area contributed by atoms with Crippen molar-refractivity contribution in [3.63, 3.8) is 0 Å². The molecular weight excluding hydrogens is 777 g/mol. The molecule has 4 aliphatic rings. The van der Waals surface area contributed by atoms with Crippen molar-refractivity contribution in [3.05, 3.63) is 65.6 Å². The Balaban J connectivity index is 0.000000309. The Bertz CT molecular complexity index is 1820. The number of benzene rings is 2. The van der Waals surface area contributed by atoms with Crippen molar-refractivity contribution in [1.29, 1.82) is 0 Å². The number of amides is 2. The van der Waals surface area contributed by atoms with Gasteiger partial charge in [-0.25, -0.2) is 9.59 Å². The third-order valence-corrected chi connectivity index (χ3v) is 9.28. The molecular formula is C38H41Cl4KN2O7. The van der Waals surface area contributed by atoms with E-state index in [9.17, 15) is 24.3 Å². The van der Waals surface area contributed by atoms with Crippen LogP contribution in [0.2, 0.25) is 20.1 Å². The fourth-order valence-electron chi connectivity index (χ4n) is 5.04. The van der Waals surface area contributed by atoms with Gasteiger partial charge in [0.05, 0.1) is 51.4 Å². The number of carbonyl (C=O) groups is 4. The van der Waals surface area contributed by atoms with Gasteiger partial charge < -0.3 is 24.7 Å². The third kappa shape index (κ3) is 12.6. The molecule has 2 aliphatic heterocycles. The number of carboxylic acids is 1. The van der Waals surface area contributed by atoms with Crippen LogP contribution < -0.4 is 56.5 Å². The van der Waals surface area contributed by atoms with Crippen molar-refractivity contribution >= 4 is 70.2 Å². The Morgan fingerprint density at radius 3 is 1.54 bits per heavy atom. The Morgan fingerprint density at radius 2 is 1.19 bits per heavy atom. The number of hydrogen-bond donors (Lipinski definition) is 1. The van der Waals surface area contributed by atoms with E-state index >= 15 is 0 Å². The predicted molar refractivity (Wildman–Crippen MR) is 198 cm³/mol. The minimum Gasteiger partial charge on any atom is -0.850 e. The molecule has 14 heteroatoms. The van der Waals surface area contributed by atoms with Gasteiger partial charge in [-0.05, 0) is 61.8 Å². The molecule has 2 amide bonds. The number of carbonyl (C=O) groups excluding carboxylic acids is 3. The number of halogens is 4. The van der Waals surface area contributed by atoms with Crippen LogP contribution in [-0.4, -0.2) is 77.5 Å². The first kappa shape index (κ1) is 46.4. The number of carboxylic acid groups (broad SMARTS) is 1. The van der Waals surface area contributed by atoms with Gasteiger partial charge in [-0.3, -0.25) is 9.59 Å². The Kier molecular flexibility index (Phi) is 18.0. The fourth-order valence-corrected chi connectivity index (χ4v) is 6.46. The molecule has 0 unspecified atom stereocenters. The molecule has 2 aromatic carbocycles. The van der Waals surface area contributed by atoms with Crippen LogP contribution in [0, 0.1) is 35.5 Å². The number of fused-ring (bicyclic) bond motifs is 2. The van der Waals surface area contributed by atoms with E-state index in [4.69, 9.17) is 56.2 Å². The molecule has 0 atom stereocenters. The van der Waals surface area contributed by atoms with Crippen LogP contribution in [0.5, 0.6) is 0 Å². The number of methoxy groups -OCH3 is 1. The molecule has 2 aliphatic carbocycles. The number of esters is 1. The SMILES string of the molecule is C.CC(C)(C)[O-].COC(=O)c1c(Cl)cc2c(c1Cl)CCN(CC#CC1CC1)C2=O.O=C(O)c1c(Cl)cc2c(c1Cl)CCN(CC#CC1CC1)C2=O.[K+]. The predicted octanol–water partition coefficient (Wildman–Crippen LogP) is 4.08. The second kappa shape index (κ2) is 20.2.